The molecule has 5 aromatic rings. The lowest BCUT2D eigenvalue weighted by Crippen LogP contribution is -2.34. The maximum atomic E-state index is 13.8. The number of halogens is 1. The third kappa shape index (κ3) is 3.65. The first-order chi connectivity index (χ1) is 17.0. The SMILES string of the molecule is CCn1c(C(=O)N2CCOc3ccc(-c4ccc5nc(C)[nH]c5c4)cc3C2)c(Cl)c2ccccc21. The van der Waals surface area contributed by atoms with Gasteiger partial charge in [0.2, 0.25) is 0 Å². The summed E-state index contributed by atoms with van der Waals surface area (Å²) >= 11 is 6.74. The van der Waals surface area contributed by atoms with Gasteiger partial charge in [0.15, 0.2) is 0 Å². The van der Waals surface area contributed by atoms with Crippen LogP contribution < -0.4 is 4.74 Å². The van der Waals surface area contributed by atoms with Crippen molar-refractivity contribution < 1.29 is 9.53 Å². The Hall–Kier alpha value is -3.77. The van der Waals surface area contributed by atoms with E-state index < -0.39 is 0 Å². The topological polar surface area (TPSA) is 63.1 Å². The highest BCUT2D eigenvalue weighted by atomic mass is 35.5. The first kappa shape index (κ1) is 21.7. The second-order valence-corrected chi connectivity index (χ2v) is 9.25. The molecule has 0 unspecified atom stereocenters. The normalized spacial score (nSPS) is 13.6. The summed E-state index contributed by atoms with van der Waals surface area (Å²) in [6, 6.07) is 20.3. The third-order valence-corrected chi connectivity index (χ3v) is 7.07. The number of rotatable bonds is 3. The number of imidazole rings is 1. The third-order valence-electron chi connectivity index (χ3n) is 6.69. The Labute approximate surface area is 208 Å². The van der Waals surface area contributed by atoms with Gasteiger partial charge in [-0.05, 0) is 55.3 Å². The summed E-state index contributed by atoms with van der Waals surface area (Å²) in [5, 5.41) is 1.41. The Morgan fingerprint density at radius 2 is 1.91 bits per heavy atom. The van der Waals surface area contributed by atoms with Crippen molar-refractivity contribution in [2.24, 2.45) is 0 Å². The van der Waals surface area contributed by atoms with E-state index in [1.807, 2.05) is 59.7 Å². The number of carbonyl (C=O) groups excluding carboxylic acids is 1. The Balaban J connectivity index is 1.36. The lowest BCUT2D eigenvalue weighted by molar-refractivity contribution is 0.0723. The molecule has 0 atom stereocenters. The van der Waals surface area contributed by atoms with Crippen LogP contribution in [0.3, 0.4) is 0 Å². The Morgan fingerprint density at radius 1 is 1.11 bits per heavy atom. The molecule has 0 radical (unpaired) electrons. The van der Waals surface area contributed by atoms with Crippen molar-refractivity contribution in [1.82, 2.24) is 19.4 Å². The van der Waals surface area contributed by atoms with E-state index in [1.165, 1.54) is 0 Å². The number of hydrogen-bond acceptors (Lipinski definition) is 3. The first-order valence-electron chi connectivity index (χ1n) is 11.8. The minimum Gasteiger partial charge on any atom is -0.491 e. The van der Waals surface area contributed by atoms with Gasteiger partial charge in [-0.25, -0.2) is 4.98 Å². The van der Waals surface area contributed by atoms with Gasteiger partial charge in [0, 0.05) is 24.0 Å². The van der Waals surface area contributed by atoms with Crippen LogP contribution in [0.25, 0.3) is 33.1 Å². The number of aromatic nitrogens is 3. The van der Waals surface area contributed by atoms with Gasteiger partial charge in [0.1, 0.15) is 23.9 Å². The molecule has 0 saturated carbocycles. The minimum atomic E-state index is -0.0794. The Bertz CT molecular complexity index is 1600. The summed E-state index contributed by atoms with van der Waals surface area (Å²) < 4.78 is 8.03. The number of carbonyl (C=O) groups is 1. The van der Waals surface area contributed by atoms with Crippen molar-refractivity contribution >= 4 is 39.4 Å². The Kier molecular flexibility index (Phi) is 5.26. The van der Waals surface area contributed by atoms with Crippen LogP contribution in [0.1, 0.15) is 28.8 Å². The van der Waals surface area contributed by atoms with Gasteiger partial charge >= 0.3 is 0 Å². The maximum absolute atomic E-state index is 13.8. The number of hydrogen-bond donors (Lipinski definition) is 1. The molecule has 176 valence electrons. The van der Waals surface area contributed by atoms with E-state index in [2.05, 4.69) is 34.2 Å². The molecular formula is C28H25ClN4O2. The van der Waals surface area contributed by atoms with E-state index in [9.17, 15) is 4.79 Å². The van der Waals surface area contributed by atoms with E-state index in [0.717, 1.165) is 50.2 Å². The largest absolute Gasteiger partial charge is 0.491 e. The van der Waals surface area contributed by atoms with Gasteiger partial charge in [-0.2, -0.15) is 0 Å². The molecule has 6 nitrogen and oxygen atoms in total. The number of nitrogens with one attached hydrogen (secondary N) is 1. The second-order valence-electron chi connectivity index (χ2n) is 8.88. The fourth-order valence-electron chi connectivity index (χ4n) is 5.01. The fraction of sp³-hybridized carbons (Fsp3) is 0.214. The molecule has 35 heavy (non-hydrogen) atoms. The molecule has 1 aliphatic heterocycles. The van der Waals surface area contributed by atoms with Crippen LogP contribution in [0.4, 0.5) is 0 Å². The lowest BCUT2D eigenvalue weighted by Gasteiger charge is -2.21. The smallest absolute Gasteiger partial charge is 0.272 e. The average Bonchev–Trinajstić information content (AvgIpc) is 3.29. The quantitative estimate of drug-likeness (QED) is 0.331. The molecule has 6 rings (SSSR count). The highest BCUT2D eigenvalue weighted by Crippen LogP contribution is 2.34. The second kappa shape index (κ2) is 8.47. The lowest BCUT2D eigenvalue weighted by atomic mass is 10.0. The van der Waals surface area contributed by atoms with Crippen LogP contribution >= 0.6 is 11.6 Å². The highest BCUT2D eigenvalue weighted by Gasteiger charge is 2.27. The van der Waals surface area contributed by atoms with Crippen LogP contribution in [0.15, 0.2) is 60.7 Å². The van der Waals surface area contributed by atoms with E-state index in [1.54, 1.807) is 0 Å². The zero-order chi connectivity index (χ0) is 24.1. The molecule has 3 heterocycles. The molecule has 1 aliphatic rings. The Morgan fingerprint density at radius 3 is 2.77 bits per heavy atom. The fourth-order valence-corrected chi connectivity index (χ4v) is 5.36. The summed E-state index contributed by atoms with van der Waals surface area (Å²) in [6.07, 6.45) is 0. The van der Waals surface area contributed by atoms with E-state index in [0.29, 0.717) is 37.0 Å². The summed E-state index contributed by atoms with van der Waals surface area (Å²) in [6.45, 7) is 6.02. The minimum absolute atomic E-state index is 0.0794. The van der Waals surface area contributed by atoms with Crippen molar-refractivity contribution in [3.63, 3.8) is 0 Å². The van der Waals surface area contributed by atoms with Crippen molar-refractivity contribution in [2.75, 3.05) is 13.2 Å². The number of benzene rings is 3. The molecule has 3 aromatic carbocycles. The van der Waals surface area contributed by atoms with Crippen LogP contribution in [-0.2, 0) is 13.1 Å². The molecule has 0 bridgehead atoms. The number of fused-ring (bicyclic) bond motifs is 3. The van der Waals surface area contributed by atoms with Gasteiger partial charge < -0.3 is 19.2 Å². The van der Waals surface area contributed by atoms with Crippen molar-refractivity contribution in [3.05, 3.63) is 82.8 Å². The van der Waals surface area contributed by atoms with Crippen molar-refractivity contribution in [1.29, 1.82) is 0 Å². The molecule has 1 amide bonds. The standard InChI is InChI=1S/C28H25ClN4O2/c1-3-33-24-7-5-4-6-21(24)26(29)27(33)28(34)32-12-13-35-25-11-9-18(14-20(25)16-32)19-8-10-22-23(15-19)31-17(2)30-22/h4-11,14-15H,3,12-13,16H2,1-2H3,(H,30,31). The van der Waals surface area contributed by atoms with Gasteiger partial charge in [-0.15, -0.1) is 0 Å². The molecule has 0 aliphatic carbocycles. The molecule has 0 spiro atoms. The van der Waals surface area contributed by atoms with Gasteiger partial charge in [0.05, 0.1) is 28.1 Å². The van der Waals surface area contributed by atoms with E-state index >= 15 is 0 Å². The predicted octanol–water partition coefficient (Wildman–Crippen LogP) is 6.20. The number of H-pyrrole nitrogens is 1. The zero-order valence-electron chi connectivity index (χ0n) is 19.6. The van der Waals surface area contributed by atoms with Crippen molar-refractivity contribution in [2.45, 2.75) is 26.9 Å². The number of aryl methyl sites for hydroxylation is 2. The zero-order valence-corrected chi connectivity index (χ0v) is 20.4. The summed E-state index contributed by atoms with van der Waals surface area (Å²) in [4.78, 5) is 23.4. The van der Waals surface area contributed by atoms with Crippen LogP contribution in [-0.4, -0.2) is 38.5 Å². The number of aromatic amines is 1. The summed E-state index contributed by atoms with van der Waals surface area (Å²) in [5.41, 5.74) is 6.59. The van der Waals surface area contributed by atoms with Crippen LogP contribution in [0.5, 0.6) is 5.75 Å². The van der Waals surface area contributed by atoms with Crippen molar-refractivity contribution in [3.8, 4) is 16.9 Å². The number of ether oxygens (including phenoxy) is 1. The van der Waals surface area contributed by atoms with Gasteiger partial charge in [0.25, 0.3) is 5.91 Å². The van der Waals surface area contributed by atoms with Gasteiger partial charge in [-0.1, -0.05) is 41.9 Å². The molecular weight excluding hydrogens is 460 g/mol. The number of para-hydroxylation sites is 1. The maximum Gasteiger partial charge on any atom is 0.272 e. The number of nitrogens with zero attached hydrogens (tertiary/aromatic N) is 3. The molecule has 0 saturated heterocycles. The van der Waals surface area contributed by atoms with Crippen LogP contribution in [0.2, 0.25) is 5.02 Å². The number of amides is 1. The van der Waals surface area contributed by atoms with Gasteiger partial charge in [-0.3, -0.25) is 4.79 Å². The molecule has 1 N–H and O–H groups in total. The first-order valence-corrected chi connectivity index (χ1v) is 12.2. The van der Waals surface area contributed by atoms with E-state index in [4.69, 9.17) is 16.3 Å². The average molecular weight is 485 g/mol. The molecule has 7 heteroatoms. The summed E-state index contributed by atoms with van der Waals surface area (Å²) in [5.74, 6) is 1.62. The highest BCUT2D eigenvalue weighted by molar-refractivity contribution is 6.38. The molecule has 0 fully saturated rings. The van der Waals surface area contributed by atoms with E-state index in [-0.39, 0.29) is 5.91 Å². The summed E-state index contributed by atoms with van der Waals surface area (Å²) in [7, 11) is 0. The monoisotopic (exact) mass is 484 g/mol. The molecule has 2 aromatic heterocycles. The predicted molar refractivity (Wildman–Crippen MR) is 139 cm³/mol. The van der Waals surface area contributed by atoms with Crippen LogP contribution in [0, 0.1) is 6.92 Å².